The predicted molar refractivity (Wildman–Crippen MR) is 74.7 cm³/mol. The smallest absolute Gasteiger partial charge is 0.348 e. The number of aryl methyl sites for hydroxylation is 1. The van der Waals surface area contributed by atoms with Crippen LogP contribution in [-0.4, -0.2) is 4.98 Å². The van der Waals surface area contributed by atoms with Gasteiger partial charge in [-0.05, 0) is 30.7 Å². The quantitative estimate of drug-likeness (QED) is 0.760. The van der Waals surface area contributed by atoms with Gasteiger partial charge in [0.05, 0.1) is 10.9 Å². The molecule has 3 rings (SSSR count). The Balaban J connectivity index is 2.07. The molecule has 0 unspecified atom stereocenters. The first-order chi connectivity index (χ1) is 9.24. The Bertz CT molecular complexity index is 793. The maximum absolute atomic E-state index is 11.8. The normalized spacial score (nSPS) is 10.6. The van der Waals surface area contributed by atoms with Crippen molar-refractivity contribution in [3.63, 3.8) is 0 Å². The second-order valence-corrected chi connectivity index (χ2v) is 4.26. The van der Waals surface area contributed by atoms with Gasteiger partial charge in [0.1, 0.15) is 0 Å². The Morgan fingerprint density at radius 3 is 2.63 bits per heavy atom. The lowest BCUT2D eigenvalue weighted by atomic mass is 10.2. The highest BCUT2D eigenvalue weighted by Crippen LogP contribution is 2.19. The van der Waals surface area contributed by atoms with Crippen LogP contribution >= 0.6 is 0 Å². The summed E-state index contributed by atoms with van der Waals surface area (Å²) in [5.41, 5.74) is 2.16. The number of hydrogen-bond donors (Lipinski definition) is 1. The Morgan fingerprint density at radius 1 is 1.05 bits per heavy atom. The summed E-state index contributed by atoms with van der Waals surface area (Å²) in [6.45, 7) is 1.97. The second kappa shape index (κ2) is 4.57. The summed E-state index contributed by atoms with van der Waals surface area (Å²) < 4.78 is 5.17. The van der Waals surface area contributed by atoms with E-state index in [-0.39, 0.29) is 11.6 Å². The van der Waals surface area contributed by atoms with Gasteiger partial charge in [-0.3, -0.25) is 0 Å². The molecule has 0 spiro atoms. The van der Waals surface area contributed by atoms with Crippen molar-refractivity contribution < 1.29 is 4.42 Å². The molecular weight excluding hydrogens is 240 g/mol. The van der Waals surface area contributed by atoms with Crippen molar-refractivity contribution in [2.75, 3.05) is 5.32 Å². The van der Waals surface area contributed by atoms with Gasteiger partial charge < -0.3 is 9.73 Å². The van der Waals surface area contributed by atoms with Crippen LogP contribution in [0.4, 0.5) is 11.7 Å². The highest BCUT2D eigenvalue weighted by atomic mass is 16.4. The van der Waals surface area contributed by atoms with Crippen LogP contribution in [-0.2, 0) is 0 Å². The van der Waals surface area contributed by atoms with Gasteiger partial charge in [0.15, 0.2) is 0 Å². The summed E-state index contributed by atoms with van der Waals surface area (Å²) in [6.07, 6.45) is 0. The number of hydrogen-bond acceptors (Lipinski definition) is 4. The molecule has 4 nitrogen and oxygen atoms in total. The monoisotopic (exact) mass is 252 g/mol. The molecule has 0 atom stereocenters. The van der Waals surface area contributed by atoms with E-state index in [0.717, 1.165) is 11.3 Å². The third kappa shape index (κ3) is 2.20. The van der Waals surface area contributed by atoms with E-state index in [0.29, 0.717) is 10.9 Å². The van der Waals surface area contributed by atoms with Gasteiger partial charge >= 0.3 is 11.6 Å². The number of aromatic nitrogens is 1. The molecule has 1 aromatic heterocycles. The first-order valence-corrected chi connectivity index (χ1v) is 5.96. The number of anilines is 2. The fourth-order valence-electron chi connectivity index (χ4n) is 1.90. The molecular formula is C15H12N2O2. The van der Waals surface area contributed by atoms with Crippen molar-refractivity contribution in [2.24, 2.45) is 0 Å². The van der Waals surface area contributed by atoms with Crippen molar-refractivity contribution in [1.82, 2.24) is 4.98 Å². The molecule has 94 valence electrons. The lowest BCUT2D eigenvalue weighted by Crippen LogP contribution is -2.05. The van der Waals surface area contributed by atoms with E-state index in [2.05, 4.69) is 10.3 Å². The van der Waals surface area contributed by atoms with E-state index >= 15 is 0 Å². The maximum Gasteiger partial charge on any atom is 0.348 e. The minimum Gasteiger partial charge on any atom is -0.388 e. The van der Waals surface area contributed by atoms with Crippen molar-refractivity contribution in [3.8, 4) is 0 Å². The lowest BCUT2D eigenvalue weighted by Gasteiger charge is -2.07. The average molecular weight is 252 g/mol. The lowest BCUT2D eigenvalue weighted by molar-refractivity contribution is 0.522. The van der Waals surface area contributed by atoms with Crippen LogP contribution in [0.2, 0.25) is 0 Å². The van der Waals surface area contributed by atoms with Crippen molar-refractivity contribution in [1.29, 1.82) is 0 Å². The van der Waals surface area contributed by atoms with E-state index in [1.165, 1.54) is 0 Å². The molecule has 3 aromatic rings. The van der Waals surface area contributed by atoms with Crippen LogP contribution in [0.25, 0.3) is 10.9 Å². The zero-order valence-corrected chi connectivity index (χ0v) is 10.4. The van der Waals surface area contributed by atoms with Crippen LogP contribution in [0, 0.1) is 6.92 Å². The molecule has 4 heteroatoms. The molecule has 0 aliphatic rings. The molecule has 0 bridgehead atoms. The van der Waals surface area contributed by atoms with Gasteiger partial charge in [-0.15, -0.1) is 0 Å². The van der Waals surface area contributed by atoms with Crippen LogP contribution in [0.15, 0.2) is 57.7 Å². The summed E-state index contributed by atoms with van der Waals surface area (Å²) in [6, 6.07) is 15.1. The molecule has 0 radical (unpaired) electrons. The number of fused-ring (bicyclic) bond motifs is 1. The third-order valence-electron chi connectivity index (χ3n) is 2.92. The minimum absolute atomic E-state index is 0.206. The number of nitrogens with zero attached hydrogens (tertiary/aromatic N) is 1. The molecule has 0 fully saturated rings. The third-order valence-corrected chi connectivity index (χ3v) is 2.92. The summed E-state index contributed by atoms with van der Waals surface area (Å²) in [5, 5.41) is 3.51. The summed E-state index contributed by atoms with van der Waals surface area (Å²) in [5.74, 6) is 0. The van der Waals surface area contributed by atoms with Gasteiger partial charge in [0.2, 0.25) is 0 Å². The number of para-hydroxylation sites is 2. The maximum atomic E-state index is 11.8. The van der Waals surface area contributed by atoms with Gasteiger partial charge in [-0.2, -0.15) is 4.98 Å². The summed E-state index contributed by atoms with van der Waals surface area (Å²) in [7, 11) is 0. The van der Waals surface area contributed by atoms with Gasteiger partial charge in [0.25, 0.3) is 0 Å². The molecule has 0 aliphatic heterocycles. The standard InChI is InChI=1S/C15H12N2O2/c1-10-6-2-4-8-12(10)16-15-17-13-9-5-3-7-11(13)14(18)19-15/h2-9H,1H3,(H,16,17). The predicted octanol–water partition coefficient (Wildman–Crippen LogP) is 3.24. The van der Waals surface area contributed by atoms with E-state index < -0.39 is 0 Å². The molecule has 1 N–H and O–H groups in total. The first-order valence-electron chi connectivity index (χ1n) is 5.96. The zero-order chi connectivity index (χ0) is 13.2. The van der Waals surface area contributed by atoms with E-state index in [1.54, 1.807) is 18.2 Å². The van der Waals surface area contributed by atoms with Crippen molar-refractivity contribution >= 4 is 22.6 Å². The number of benzene rings is 2. The van der Waals surface area contributed by atoms with Crippen LogP contribution in [0.5, 0.6) is 0 Å². The Kier molecular flexibility index (Phi) is 2.76. The molecule has 1 heterocycles. The molecule has 0 saturated carbocycles. The molecule has 0 aliphatic carbocycles. The highest BCUT2D eigenvalue weighted by molar-refractivity contribution is 5.78. The summed E-state index contributed by atoms with van der Waals surface area (Å²) >= 11 is 0. The fourth-order valence-corrected chi connectivity index (χ4v) is 1.90. The molecule has 2 aromatic carbocycles. The van der Waals surface area contributed by atoms with Gasteiger partial charge in [0, 0.05) is 5.69 Å². The number of rotatable bonds is 2. The Labute approximate surface area is 109 Å². The highest BCUT2D eigenvalue weighted by Gasteiger charge is 2.06. The van der Waals surface area contributed by atoms with E-state index in [9.17, 15) is 4.79 Å². The van der Waals surface area contributed by atoms with Crippen molar-refractivity contribution in [3.05, 3.63) is 64.5 Å². The van der Waals surface area contributed by atoms with E-state index in [1.807, 2.05) is 37.3 Å². The van der Waals surface area contributed by atoms with E-state index in [4.69, 9.17) is 4.42 Å². The van der Waals surface area contributed by atoms with Gasteiger partial charge in [-0.25, -0.2) is 4.79 Å². The molecule has 19 heavy (non-hydrogen) atoms. The SMILES string of the molecule is Cc1ccccc1Nc1nc2ccccc2c(=O)o1. The molecule has 0 amide bonds. The zero-order valence-electron chi connectivity index (χ0n) is 10.4. The first kappa shape index (κ1) is 11.5. The summed E-state index contributed by atoms with van der Waals surface area (Å²) in [4.78, 5) is 16.1. The van der Waals surface area contributed by atoms with Gasteiger partial charge in [-0.1, -0.05) is 30.3 Å². The van der Waals surface area contributed by atoms with Crippen LogP contribution < -0.4 is 10.9 Å². The second-order valence-electron chi connectivity index (χ2n) is 4.26. The van der Waals surface area contributed by atoms with Crippen LogP contribution in [0.3, 0.4) is 0 Å². The minimum atomic E-state index is -0.387. The number of nitrogens with one attached hydrogen (secondary N) is 1. The van der Waals surface area contributed by atoms with Crippen molar-refractivity contribution in [2.45, 2.75) is 6.92 Å². The average Bonchev–Trinajstić information content (AvgIpc) is 2.42. The van der Waals surface area contributed by atoms with Crippen LogP contribution in [0.1, 0.15) is 5.56 Å². The Hall–Kier alpha value is -2.62. The molecule has 0 saturated heterocycles. The Morgan fingerprint density at radius 2 is 1.79 bits per heavy atom. The fraction of sp³-hybridized carbons (Fsp3) is 0.0667. The topological polar surface area (TPSA) is 55.1 Å². The largest absolute Gasteiger partial charge is 0.388 e.